The molecule has 1 saturated carbocycles. The Morgan fingerprint density at radius 3 is 2.44 bits per heavy atom. The zero-order valence-corrected chi connectivity index (χ0v) is 17.8. The molecule has 27 heavy (non-hydrogen) atoms. The number of nitrogens with one attached hydrogen (secondary N) is 1. The van der Waals surface area contributed by atoms with Crippen LogP contribution in [-0.4, -0.2) is 43.6 Å². The van der Waals surface area contributed by atoms with Crippen molar-refractivity contribution in [2.45, 2.75) is 41.0 Å². The van der Waals surface area contributed by atoms with Crippen LogP contribution in [0.3, 0.4) is 0 Å². The Morgan fingerprint density at radius 2 is 2.04 bits per heavy atom. The number of ether oxygens (including phenoxy) is 1. The lowest BCUT2D eigenvalue weighted by Gasteiger charge is -2.27. The van der Waals surface area contributed by atoms with Gasteiger partial charge in [-0.25, -0.2) is 4.79 Å². The average molecular weight is 377 g/mol. The number of likely N-dealkylation sites (tertiary alicyclic amines) is 1. The van der Waals surface area contributed by atoms with Gasteiger partial charge < -0.3 is 15.0 Å². The summed E-state index contributed by atoms with van der Waals surface area (Å²) in [6.07, 6.45) is 4.06. The van der Waals surface area contributed by atoms with Crippen molar-refractivity contribution in [2.75, 3.05) is 26.7 Å². The third-order valence-corrected chi connectivity index (χ3v) is 5.76. The van der Waals surface area contributed by atoms with Crippen LogP contribution in [0.1, 0.15) is 41.0 Å². The first-order valence-corrected chi connectivity index (χ1v) is 9.89. The summed E-state index contributed by atoms with van der Waals surface area (Å²) in [5.41, 5.74) is 2.46. The highest BCUT2D eigenvalue weighted by Crippen LogP contribution is 2.66. The fourth-order valence-electron chi connectivity index (χ4n) is 4.22. The van der Waals surface area contributed by atoms with Crippen molar-refractivity contribution in [2.24, 2.45) is 23.2 Å². The number of amides is 2. The molecule has 0 aromatic rings. The van der Waals surface area contributed by atoms with E-state index >= 15 is 0 Å². The summed E-state index contributed by atoms with van der Waals surface area (Å²) in [5, 5.41) is 2.64. The van der Waals surface area contributed by atoms with Gasteiger partial charge in [-0.3, -0.25) is 4.79 Å². The number of hydrogen-bond acceptors (Lipinski definition) is 3. The molecule has 1 saturated heterocycles. The molecule has 4 unspecified atom stereocenters. The van der Waals surface area contributed by atoms with E-state index in [9.17, 15) is 9.59 Å². The number of rotatable bonds is 7. The van der Waals surface area contributed by atoms with E-state index in [-0.39, 0.29) is 17.2 Å². The van der Waals surface area contributed by atoms with Crippen LogP contribution in [0.5, 0.6) is 0 Å². The monoisotopic (exact) mass is 376 g/mol. The van der Waals surface area contributed by atoms with E-state index in [1.807, 2.05) is 38.7 Å². The van der Waals surface area contributed by atoms with Crippen LogP contribution in [-0.2, 0) is 9.53 Å². The predicted molar refractivity (Wildman–Crippen MR) is 110 cm³/mol. The number of carbonyl (C=O) groups is 2. The minimum absolute atomic E-state index is 0.121. The van der Waals surface area contributed by atoms with Crippen molar-refractivity contribution in [1.29, 1.82) is 0 Å². The number of hydrogen-bond donors (Lipinski definition) is 1. The quantitative estimate of drug-likeness (QED) is 0.678. The van der Waals surface area contributed by atoms with Gasteiger partial charge in [0.15, 0.2) is 0 Å². The van der Waals surface area contributed by atoms with Crippen LogP contribution in [0.15, 0.2) is 36.5 Å². The van der Waals surface area contributed by atoms with E-state index in [1.54, 1.807) is 0 Å². The van der Waals surface area contributed by atoms with Gasteiger partial charge in [0.1, 0.15) is 0 Å². The van der Waals surface area contributed by atoms with Gasteiger partial charge in [0.25, 0.3) is 0 Å². The van der Waals surface area contributed by atoms with Gasteiger partial charge in [0.2, 0.25) is 5.91 Å². The van der Waals surface area contributed by atoms with E-state index in [4.69, 9.17) is 0 Å². The molecule has 2 fully saturated rings. The molecule has 4 atom stereocenters. The van der Waals surface area contributed by atoms with Crippen molar-refractivity contribution in [3.05, 3.63) is 36.5 Å². The number of nitrogens with zero attached hydrogens (tertiary/aromatic N) is 1. The van der Waals surface area contributed by atoms with E-state index < -0.39 is 6.09 Å². The van der Waals surface area contributed by atoms with Crippen LogP contribution in [0, 0.1) is 23.2 Å². The molecule has 1 aliphatic heterocycles. The maximum atomic E-state index is 12.8. The lowest BCUT2D eigenvalue weighted by Crippen LogP contribution is -2.42. The average Bonchev–Trinajstić information content (AvgIpc) is 3.04. The Morgan fingerprint density at radius 1 is 1.41 bits per heavy atom. The second kappa shape index (κ2) is 9.77. The SMILES string of the molecule is C=C/C=C(\C(=C)C)C1C2CN(C(=O)C(CC)CNC(=O)OC)CC21C.CC. The second-order valence-corrected chi connectivity index (χ2v) is 7.42. The van der Waals surface area contributed by atoms with Crippen LogP contribution in [0.2, 0.25) is 0 Å². The largest absolute Gasteiger partial charge is 0.453 e. The van der Waals surface area contributed by atoms with Crippen molar-refractivity contribution in [3.63, 3.8) is 0 Å². The number of fused-ring (bicyclic) bond motifs is 1. The molecular weight excluding hydrogens is 340 g/mol. The van der Waals surface area contributed by atoms with Crippen molar-refractivity contribution in [3.8, 4) is 0 Å². The van der Waals surface area contributed by atoms with Crippen LogP contribution in [0.25, 0.3) is 0 Å². The van der Waals surface area contributed by atoms with Crippen LogP contribution in [0.4, 0.5) is 4.79 Å². The second-order valence-electron chi connectivity index (χ2n) is 7.42. The minimum atomic E-state index is -0.497. The predicted octanol–water partition coefficient (Wildman–Crippen LogP) is 4.18. The molecule has 1 heterocycles. The molecule has 5 heteroatoms. The molecule has 2 aliphatic rings. The molecule has 0 spiro atoms. The van der Waals surface area contributed by atoms with Gasteiger partial charge >= 0.3 is 6.09 Å². The van der Waals surface area contributed by atoms with Gasteiger partial charge in [-0.15, -0.1) is 0 Å². The molecule has 1 aliphatic carbocycles. The maximum Gasteiger partial charge on any atom is 0.406 e. The zero-order valence-electron chi connectivity index (χ0n) is 17.8. The summed E-state index contributed by atoms with van der Waals surface area (Å²) in [7, 11) is 1.32. The minimum Gasteiger partial charge on any atom is -0.453 e. The highest BCUT2D eigenvalue weighted by Gasteiger charge is 2.67. The highest BCUT2D eigenvalue weighted by molar-refractivity contribution is 5.80. The molecule has 2 rings (SSSR count). The summed E-state index contributed by atoms with van der Waals surface area (Å²) in [6, 6.07) is 0. The molecule has 2 amide bonds. The van der Waals surface area contributed by atoms with E-state index in [1.165, 1.54) is 12.7 Å². The Labute approximate surface area is 164 Å². The maximum absolute atomic E-state index is 12.8. The van der Waals surface area contributed by atoms with Crippen molar-refractivity contribution < 1.29 is 14.3 Å². The first kappa shape index (κ1) is 23.0. The van der Waals surface area contributed by atoms with Gasteiger partial charge in [-0.1, -0.05) is 58.6 Å². The lowest BCUT2D eigenvalue weighted by atomic mass is 9.95. The summed E-state index contributed by atoms with van der Waals surface area (Å²) in [5.74, 6) is 0.851. The Balaban J connectivity index is 0.00000176. The summed E-state index contributed by atoms with van der Waals surface area (Å²) in [4.78, 5) is 26.0. The number of alkyl carbamates (subject to hydrolysis) is 1. The molecule has 0 aromatic heterocycles. The molecule has 0 radical (unpaired) electrons. The fourth-order valence-corrected chi connectivity index (χ4v) is 4.22. The number of allylic oxidation sites excluding steroid dienone is 4. The van der Waals surface area contributed by atoms with Crippen LogP contribution >= 0.6 is 0 Å². The molecule has 5 nitrogen and oxygen atoms in total. The first-order chi connectivity index (χ1) is 12.8. The number of methoxy groups -OCH3 is 1. The molecule has 0 aromatic carbocycles. The third-order valence-electron chi connectivity index (χ3n) is 5.76. The topological polar surface area (TPSA) is 58.6 Å². The third kappa shape index (κ3) is 4.82. The van der Waals surface area contributed by atoms with Gasteiger partial charge in [-0.05, 0) is 36.2 Å². The smallest absolute Gasteiger partial charge is 0.406 e. The van der Waals surface area contributed by atoms with Gasteiger partial charge in [-0.2, -0.15) is 0 Å². The summed E-state index contributed by atoms with van der Waals surface area (Å²) < 4.78 is 4.58. The summed E-state index contributed by atoms with van der Waals surface area (Å²) >= 11 is 0. The molecule has 152 valence electrons. The van der Waals surface area contributed by atoms with E-state index in [0.29, 0.717) is 24.8 Å². The van der Waals surface area contributed by atoms with Crippen molar-refractivity contribution >= 4 is 12.0 Å². The Kier molecular flexibility index (Phi) is 8.32. The normalized spacial score (nSPS) is 26.9. The Hall–Kier alpha value is -2.04. The van der Waals surface area contributed by atoms with E-state index in [0.717, 1.165) is 18.7 Å². The highest BCUT2D eigenvalue weighted by atomic mass is 16.5. The zero-order chi connectivity index (χ0) is 20.8. The lowest BCUT2D eigenvalue weighted by molar-refractivity contribution is -0.135. The first-order valence-electron chi connectivity index (χ1n) is 9.89. The summed E-state index contributed by atoms with van der Waals surface area (Å²) in [6.45, 7) is 20.0. The fraction of sp³-hybridized carbons (Fsp3) is 0.636. The molecule has 1 N–H and O–H groups in total. The van der Waals surface area contributed by atoms with Crippen LogP contribution < -0.4 is 5.32 Å². The Bertz CT molecular complexity index is 611. The molecular formula is C22H36N2O3. The number of piperidine rings is 1. The number of carbonyl (C=O) groups excluding carboxylic acids is 2. The molecule has 0 bridgehead atoms. The van der Waals surface area contributed by atoms with Crippen molar-refractivity contribution in [1.82, 2.24) is 10.2 Å². The van der Waals surface area contributed by atoms with Gasteiger partial charge in [0.05, 0.1) is 13.0 Å². The van der Waals surface area contributed by atoms with E-state index in [2.05, 4.69) is 36.2 Å². The standard InChI is InChI=1S/C20H30N2O3.C2H6/c1-7-9-15(13(3)4)17-16-11-22(12-20(16,17)5)18(23)14(8-2)10-21-19(24)25-6;1-2/h7,9,14,16-17H,1,3,8,10-12H2,2,4-6H3,(H,21,24);1-2H3/b15-9+;. The van der Waals surface area contributed by atoms with Gasteiger partial charge in [0, 0.05) is 19.6 Å².